The van der Waals surface area contributed by atoms with E-state index in [1.54, 1.807) is 18.2 Å². The topological polar surface area (TPSA) is 118 Å². The lowest BCUT2D eigenvalue weighted by molar-refractivity contribution is 0.426. The first-order valence-electron chi connectivity index (χ1n) is 16.6. The Labute approximate surface area is 328 Å². The molecule has 6 aromatic carbocycles. The monoisotopic (exact) mass is 766 g/mol. The second-order valence-corrected chi connectivity index (χ2v) is 12.7. The van der Waals surface area contributed by atoms with Crippen LogP contribution in [-0.4, -0.2) is 47.1 Å². The molecule has 0 aliphatic heterocycles. The van der Waals surface area contributed by atoms with E-state index in [2.05, 4.69) is 29.9 Å². The van der Waals surface area contributed by atoms with Crippen molar-refractivity contribution in [2.75, 3.05) is 0 Å². The number of nitrogens with zero attached hydrogens (tertiary/aromatic N) is 6. The Morgan fingerprint density at radius 2 is 0.648 bits per heavy atom. The Balaban J connectivity index is 0.000000151. The van der Waals surface area contributed by atoms with Crippen molar-refractivity contribution in [1.82, 2.24) is 29.9 Å². The van der Waals surface area contributed by atoms with Crippen molar-refractivity contribution < 1.29 is 10.0 Å². The first-order chi connectivity index (χ1) is 26.3. The third-order valence-corrected chi connectivity index (χ3v) is 8.24. The highest BCUT2D eigenvalue weighted by Gasteiger charge is 2.13. The van der Waals surface area contributed by atoms with Crippen LogP contribution in [-0.2, 0) is 0 Å². The summed E-state index contributed by atoms with van der Waals surface area (Å²) in [5, 5.41) is 18.7. The first kappa shape index (κ1) is 37.9. The fourth-order valence-corrected chi connectivity index (χ4v) is 5.56. The molecule has 2 heterocycles. The van der Waals surface area contributed by atoms with Crippen LogP contribution in [0, 0.1) is 0 Å². The summed E-state index contributed by atoms with van der Waals surface area (Å²) in [5.41, 5.74) is 5.01. The molecule has 0 amide bonds. The number of rotatable bonds is 6. The maximum absolute atomic E-state index is 8.65. The van der Waals surface area contributed by atoms with Gasteiger partial charge in [-0.1, -0.05) is 169 Å². The molecule has 0 aliphatic carbocycles. The quantitative estimate of drug-likeness (QED) is 0.161. The van der Waals surface area contributed by atoms with Gasteiger partial charge in [0.15, 0.2) is 29.1 Å². The second kappa shape index (κ2) is 18.8. The summed E-state index contributed by atoms with van der Waals surface area (Å²) in [4.78, 5) is 26.8. The van der Waals surface area contributed by atoms with Gasteiger partial charge in [0.1, 0.15) is 0 Å². The molecule has 12 heteroatoms. The summed E-state index contributed by atoms with van der Waals surface area (Å²) in [6, 6.07) is 53.2. The van der Waals surface area contributed by atoms with Crippen LogP contribution in [0.2, 0.25) is 15.3 Å². The van der Waals surface area contributed by atoms with Gasteiger partial charge in [-0.3, -0.25) is 0 Å². The Morgan fingerprint density at radius 1 is 0.333 bits per heavy atom. The Bertz CT molecular complexity index is 2300. The smallest absolute Gasteiger partial charge is 0.423 e. The second-order valence-electron chi connectivity index (χ2n) is 11.5. The number of hydrogen-bond donors (Lipinski definition) is 2. The molecule has 0 aliphatic rings. The van der Waals surface area contributed by atoms with Crippen molar-refractivity contribution in [2.24, 2.45) is 0 Å². The summed E-state index contributed by atoms with van der Waals surface area (Å²) >= 11 is 17.7. The highest BCUT2D eigenvalue weighted by molar-refractivity contribution is 6.59. The SMILES string of the molecule is Clc1cccc(-c2nc(-c3ccccc3)nc(-c3ccccc3)n2)c1.Clc1nc(-c2ccccc2)nc(-c2ccccc2)n1.OB(O)c1cccc(Cl)c1. The van der Waals surface area contributed by atoms with Gasteiger partial charge in [0.2, 0.25) is 5.28 Å². The van der Waals surface area contributed by atoms with Gasteiger partial charge in [-0.15, -0.1) is 0 Å². The normalized spacial score (nSPS) is 10.3. The predicted octanol–water partition coefficient (Wildman–Crippen LogP) is 9.40. The predicted molar refractivity (Wildman–Crippen MR) is 218 cm³/mol. The highest BCUT2D eigenvalue weighted by Crippen LogP contribution is 2.26. The molecule has 0 radical (unpaired) electrons. The molecular formula is C42H30BCl3N6O2. The van der Waals surface area contributed by atoms with E-state index < -0.39 is 7.12 Å². The fourth-order valence-electron chi connectivity index (χ4n) is 5.02. The summed E-state index contributed by atoms with van der Waals surface area (Å²) in [6.45, 7) is 0. The van der Waals surface area contributed by atoms with Crippen LogP contribution in [0.25, 0.3) is 56.9 Å². The molecule has 8 nitrogen and oxygen atoms in total. The van der Waals surface area contributed by atoms with Gasteiger partial charge in [0, 0.05) is 37.9 Å². The van der Waals surface area contributed by atoms with Crippen molar-refractivity contribution in [1.29, 1.82) is 0 Å². The van der Waals surface area contributed by atoms with E-state index in [0.717, 1.165) is 27.8 Å². The van der Waals surface area contributed by atoms with Gasteiger partial charge in [0.25, 0.3) is 0 Å². The minimum atomic E-state index is -1.43. The lowest BCUT2D eigenvalue weighted by Gasteiger charge is -2.08. The molecule has 8 rings (SSSR count). The van der Waals surface area contributed by atoms with E-state index in [0.29, 0.717) is 44.6 Å². The van der Waals surface area contributed by atoms with Gasteiger partial charge < -0.3 is 10.0 Å². The molecule has 0 saturated heterocycles. The number of benzene rings is 6. The Kier molecular flexibility index (Phi) is 13.2. The average Bonchev–Trinajstić information content (AvgIpc) is 3.22. The summed E-state index contributed by atoms with van der Waals surface area (Å²) < 4.78 is 0. The molecular weight excluding hydrogens is 738 g/mol. The zero-order valence-electron chi connectivity index (χ0n) is 28.5. The van der Waals surface area contributed by atoms with Crippen LogP contribution < -0.4 is 5.46 Å². The molecule has 0 unspecified atom stereocenters. The molecule has 2 N–H and O–H groups in total. The van der Waals surface area contributed by atoms with E-state index in [1.165, 1.54) is 6.07 Å². The summed E-state index contributed by atoms with van der Waals surface area (Å²) in [7, 11) is -1.43. The van der Waals surface area contributed by atoms with Gasteiger partial charge in [0.05, 0.1) is 0 Å². The van der Waals surface area contributed by atoms with E-state index in [1.807, 2.05) is 146 Å². The van der Waals surface area contributed by atoms with Crippen LogP contribution in [0.1, 0.15) is 0 Å². The summed E-state index contributed by atoms with van der Waals surface area (Å²) in [5.74, 6) is 3.06. The highest BCUT2D eigenvalue weighted by atomic mass is 35.5. The summed E-state index contributed by atoms with van der Waals surface area (Å²) in [6.07, 6.45) is 0. The molecule has 0 saturated carbocycles. The maximum Gasteiger partial charge on any atom is 0.488 e. The third-order valence-electron chi connectivity index (χ3n) is 7.60. The zero-order valence-corrected chi connectivity index (χ0v) is 30.7. The minimum Gasteiger partial charge on any atom is -0.423 e. The van der Waals surface area contributed by atoms with E-state index >= 15 is 0 Å². The van der Waals surface area contributed by atoms with Crippen molar-refractivity contribution in [3.05, 3.63) is 185 Å². The van der Waals surface area contributed by atoms with Crippen molar-refractivity contribution in [3.8, 4) is 56.9 Å². The lowest BCUT2D eigenvalue weighted by atomic mass is 9.81. The van der Waals surface area contributed by atoms with Crippen molar-refractivity contribution in [2.45, 2.75) is 0 Å². The van der Waals surface area contributed by atoms with E-state index in [-0.39, 0.29) is 5.28 Å². The standard InChI is InChI=1S/C21H14ClN3.C15H10ClN3.C6H6BClO2/c22-18-13-7-12-17(14-18)21-24-19(15-8-3-1-4-9-15)23-20(25-21)16-10-5-2-6-11-16;16-15-18-13(11-7-3-1-4-8-11)17-14(19-15)12-9-5-2-6-10-12;8-6-3-1-2-5(4-6)7(9)10/h1-14H;1-10H;1-4,9-10H. The van der Waals surface area contributed by atoms with Crippen LogP contribution >= 0.6 is 34.8 Å². The van der Waals surface area contributed by atoms with Gasteiger partial charge in [-0.05, 0) is 41.3 Å². The van der Waals surface area contributed by atoms with E-state index in [9.17, 15) is 0 Å². The van der Waals surface area contributed by atoms with Crippen LogP contribution in [0.15, 0.2) is 170 Å². The fraction of sp³-hybridized carbons (Fsp3) is 0. The molecule has 0 atom stereocenters. The van der Waals surface area contributed by atoms with Gasteiger partial charge in [-0.2, -0.15) is 9.97 Å². The number of aromatic nitrogens is 6. The first-order valence-corrected chi connectivity index (χ1v) is 17.7. The van der Waals surface area contributed by atoms with E-state index in [4.69, 9.17) is 44.9 Å². The van der Waals surface area contributed by atoms with Crippen LogP contribution in [0.3, 0.4) is 0 Å². The zero-order chi connectivity index (χ0) is 37.7. The minimum absolute atomic E-state index is 0.202. The molecule has 0 bridgehead atoms. The number of hydrogen-bond acceptors (Lipinski definition) is 8. The van der Waals surface area contributed by atoms with Gasteiger partial charge >= 0.3 is 7.12 Å². The van der Waals surface area contributed by atoms with Gasteiger partial charge in [-0.25, -0.2) is 19.9 Å². The molecule has 264 valence electrons. The third kappa shape index (κ3) is 10.6. The lowest BCUT2D eigenvalue weighted by Crippen LogP contribution is -2.29. The van der Waals surface area contributed by atoms with Crippen molar-refractivity contribution >= 4 is 47.4 Å². The average molecular weight is 768 g/mol. The van der Waals surface area contributed by atoms with Crippen molar-refractivity contribution in [3.63, 3.8) is 0 Å². The largest absolute Gasteiger partial charge is 0.488 e. The maximum atomic E-state index is 8.65. The molecule has 0 fully saturated rings. The van der Waals surface area contributed by atoms with Crippen LogP contribution in [0.5, 0.6) is 0 Å². The Morgan fingerprint density at radius 3 is 0.981 bits per heavy atom. The number of halogens is 3. The molecule has 54 heavy (non-hydrogen) atoms. The van der Waals surface area contributed by atoms with Crippen LogP contribution in [0.4, 0.5) is 0 Å². The molecule has 8 aromatic rings. The Hall–Kier alpha value is -5.81. The molecule has 0 spiro atoms. The molecule has 2 aromatic heterocycles.